The molecule has 3 nitrogen and oxygen atoms in total. The van der Waals surface area contributed by atoms with Crippen molar-refractivity contribution in [2.24, 2.45) is 0 Å². The second-order valence-corrected chi connectivity index (χ2v) is 5.35. The summed E-state index contributed by atoms with van der Waals surface area (Å²) in [6.07, 6.45) is 2.09. The molecule has 1 heterocycles. The lowest BCUT2D eigenvalue weighted by atomic mass is 10.0. The second-order valence-electron chi connectivity index (χ2n) is 5.35. The maximum absolute atomic E-state index is 12.9. The van der Waals surface area contributed by atoms with E-state index in [0.717, 1.165) is 36.3 Å². The number of hydrogen-bond acceptors (Lipinski definition) is 2. The lowest BCUT2D eigenvalue weighted by Gasteiger charge is -2.35. The van der Waals surface area contributed by atoms with Crippen molar-refractivity contribution in [1.29, 1.82) is 0 Å². The van der Waals surface area contributed by atoms with Crippen LogP contribution in [-0.2, 0) is 4.79 Å². The lowest BCUT2D eigenvalue weighted by Crippen LogP contribution is -2.42. The van der Waals surface area contributed by atoms with E-state index < -0.39 is 0 Å². The Hall–Kier alpha value is -2.29. The van der Waals surface area contributed by atoms with E-state index in [1.165, 1.54) is 0 Å². The second kappa shape index (κ2) is 6.00. The van der Waals surface area contributed by atoms with Crippen LogP contribution in [0.1, 0.15) is 31.4 Å². The molecule has 21 heavy (non-hydrogen) atoms. The molecular weight excluding hydrogens is 260 g/mol. The molecule has 3 heteroatoms. The van der Waals surface area contributed by atoms with E-state index in [4.69, 9.17) is 0 Å². The Morgan fingerprint density at radius 1 is 1.05 bits per heavy atom. The maximum Gasteiger partial charge on any atom is 0.254 e. The van der Waals surface area contributed by atoms with Gasteiger partial charge in [-0.2, -0.15) is 0 Å². The molecule has 0 spiro atoms. The summed E-state index contributed by atoms with van der Waals surface area (Å²) in [6, 6.07) is 17.7. The highest BCUT2D eigenvalue weighted by Crippen LogP contribution is 2.36. The molecule has 1 atom stereocenters. The van der Waals surface area contributed by atoms with Crippen molar-refractivity contribution in [2.45, 2.75) is 25.8 Å². The van der Waals surface area contributed by atoms with Gasteiger partial charge in [-0.05, 0) is 24.1 Å². The summed E-state index contributed by atoms with van der Waals surface area (Å²) in [5.41, 5.74) is 3.03. The Kier molecular flexibility index (Phi) is 3.91. The zero-order valence-electron chi connectivity index (χ0n) is 12.3. The fraction of sp³-hybridized carbons (Fsp3) is 0.278. The minimum absolute atomic E-state index is 0.133. The van der Waals surface area contributed by atoms with E-state index in [-0.39, 0.29) is 11.9 Å². The highest BCUT2D eigenvalue weighted by molar-refractivity contribution is 6.05. The van der Waals surface area contributed by atoms with E-state index in [2.05, 4.69) is 12.2 Å². The first kappa shape index (κ1) is 13.7. The summed E-state index contributed by atoms with van der Waals surface area (Å²) < 4.78 is 0. The van der Waals surface area contributed by atoms with Gasteiger partial charge in [0.1, 0.15) is 6.04 Å². The minimum Gasteiger partial charge on any atom is -0.368 e. The van der Waals surface area contributed by atoms with Crippen LogP contribution in [0.5, 0.6) is 0 Å². The highest BCUT2D eigenvalue weighted by atomic mass is 16.2. The van der Waals surface area contributed by atoms with Crippen LogP contribution in [0.2, 0.25) is 0 Å². The van der Waals surface area contributed by atoms with Crippen molar-refractivity contribution in [1.82, 2.24) is 0 Å². The number of rotatable bonds is 4. The van der Waals surface area contributed by atoms with Gasteiger partial charge in [-0.25, -0.2) is 0 Å². The van der Waals surface area contributed by atoms with E-state index >= 15 is 0 Å². The first-order chi connectivity index (χ1) is 10.3. The van der Waals surface area contributed by atoms with Gasteiger partial charge in [-0.1, -0.05) is 55.8 Å². The number of para-hydroxylation sites is 2. The molecule has 1 aliphatic heterocycles. The van der Waals surface area contributed by atoms with Crippen LogP contribution in [0.15, 0.2) is 54.6 Å². The third-order valence-corrected chi connectivity index (χ3v) is 3.88. The number of unbranched alkanes of at least 4 members (excludes halogenated alkanes) is 1. The maximum atomic E-state index is 12.9. The van der Waals surface area contributed by atoms with Crippen LogP contribution in [0.4, 0.5) is 11.4 Å². The lowest BCUT2D eigenvalue weighted by molar-refractivity contribution is -0.119. The van der Waals surface area contributed by atoms with Crippen LogP contribution < -0.4 is 10.2 Å². The Morgan fingerprint density at radius 3 is 2.52 bits per heavy atom. The van der Waals surface area contributed by atoms with Gasteiger partial charge in [0, 0.05) is 6.54 Å². The Labute approximate surface area is 125 Å². The summed E-state index contributed by atoms with van der Waals surface area (Å²) in [6.45, 7) is 2.92. The molecule has 1 unspecified atom stereocenters. The minimum atomic E-state index is -0.294. The van der Waals surface area contributed by atoms with Crippen molar-refractivity contribution < 1.29 is 4.79 Å². The molecule has 0 aromatic heterocycles. The number of amides is 1. The predicted octanol–water partition coefficient (Wildman–Crippen LogP) is 3.99. The van der Waals surface area contributed by atoms with Crippen molar-refractivity contribution in [3.05, 3.63) is 60.2 Å². The third-order valence-electron chi connectivity index (χ3n) is 3.88. The Morgan fingerprint density at radius 2 is 1.76 bits per heavy atom. The van der Waals surface area contributed by atoms with Gasteiger partial charge < -0.3 is 10.2 Å². The molecule has 1 aliphatic rings. The average molecular weight is 280 g/mol. The van der Waals surface area contributed by atoms with Crippen LogP contribution in [0, 0.1) is 0 Å². The number of nitrogens with zero attached hydrogens (tertiary/aromatic N) is 1. The molecule has 2 aromatic carbocycles. The molecule has 0 saturated heterocycles. The Balaban J connectivity index is 1.98. The number of fused-ring (bicyclic) bond motifs is 1. The average Bonchev–Trinajstić information content (AvgIpc) is 2.54. The normalized spacial score (nSPS) is 17.3. The number of anilines is 2. The summed E-state index contributed by atoms with van der Waals surface area (Å²) in [4.78, 5) is 14.8. The zero-order chi connectivity index (χ0) is 14.7. The molecule has 0 fully saturated rings. The molecule has 3 rings (SSSR count). The standard InChI is InChI=1S/C18H20N2O/c1-2-3-13-20-16-12-8-7-11-15(16)19-17(18(20)21)14-9-5-4-6-10-14/h4-12,17,19H,2-3,13H2,1H3. The fourth-order valence-electron chi connectivity index (χ4n) is 2.74. The van der Waals surface area contributed by atoms with Gasteiger partial charge in [0.2, 0.25) is 0 Å². The zero-order valence-corrected chi connectivity index (χ0v) is 12.3. The van der Waals surface area contributed by atoms with Gasteiger partial charge in [0.15, 0.2) is 0 Å². The number of carbonyl (C=O) groups is 1. The molecule has 2 aromatic rings. The van der Waals surface area contributed by atoms with Gasteiger partial charge in [0.05, 0.1) is 11.4 Å². The highest BCUT2D eigenvalue weighted by Gasteiger charge is 2.32. The van der Waals surface area contributed by atoms with E-state index in [1.807, 2.05) is 59.5 Å². The summed E-state index contributed by atoms with van der Waals surface area (Å²) in [7, 11) is 0. The SMILES string of the molecule is CCCCN1C(=O)C(c2ccccc2)Nc2ccccc21. The molecule has 0 bridgehead atoms. The summed E-state index contributed by atoms with van der Waals surface area (Å²) >= 11 is 0. The van der Waals surface area contributed by atoms with Crippen LogP contribution in [-0.4, -0.2) is 12.5 Å². The van der Waals surface area contributed by atoms with E-state index in [1.54, 1.807) is 0 Å². The van der Waals surface area contributed by atoms with Crippen molar-refractivity contribution >= 4 is 17.3 Å². The predicted molar refractivity (Wildman–Crippen MR) is 86.5 cm³/mol. The fourth-order valence-corrected chi connectivity index (χ4v) is 2.74. The summed E-state index contributed by atoms with van der Waals surface area (Å²) in [5, 5.41) is 3.38. The van der Waals surface area contributed by atoms with Crippen molar-refractivity contribution in [3.63, 3.8) is 0 Å². The third kappa shape index (κ3) is 2.64. The molecule has 0 aliphatic carbocycles. The summed E-state index contributed by atoms with van der Waals surface area (Å²) in [5.74, 6) is 0.133. The van der Waals surface area contributed by atoms with Crippen LogP contribution in [0.25, 0.3) is 0 Å². The number of nitrogens with one attached hydrogen (secondary N) is 1. The molecular formula is C18H20N2O. The first-order valence-corrected chi connectivity index (χ1v) is 7.53. The smallest absolute Gasteiger partial charge is 0.254 e. The van der Waals surface area contributed by atoms with Crippen molar-refractivity contribution in [2.75, 3.05) is 16.8 Å². The van der Waals surface area contributed by atoms with E-state index in [0.29, 0.717) is 0 Å². The number of carbonyl (C=O) groups excluding carboxylic acids is 1. The number of benzene rings is 2. The van der Waals surface area contributed by atoms with Gasteiger partial charge in [-0.15, -0.1) is 0 Å². The van der Waals surface area contributed by atoms with Crippen LogP contribution >= 0.6 is 0 Å². The largest absolute Gasteiger partial charge is 0.368 e. The molecule has 1 amide bonds. The monoisotopic (exact) mass is 280 g/mol. The van der Waals surface area contributed by atoms with Crippen LogP contribution in [0.3, 0.4) is 0 Å². The molecule has 0 radical (unpaired) electrons. The molecule has 0 saturated carbocycles. The Bertz CT molecular complexity index is 624. The number of hydrogen-bond donors (Lipinski definition) is 1. The first-order valence-electron chi connectivity index (χ1n) is 7.53. The van der Waals surface area contributed by atoms with Gasteiger partial charge in [0.25, 0.3) is 5.91 Å². The van der Waals surface area contributed by atoms with Gasteiger partial charge >= 0.3 is 0 Å². The molecule has 1 N–H and O–H groups in total. The van der Waals surface area contributed by atoms with Gasteiger partial charge in [-0.3, -0.25) is 4.79 Å². The molecule has 108 valence electrons. The quantitative estimate of drug-likeness (QED) is 0.918. The van der Waals surface area contributed by atoms with E-state index in [9.17, 15) is 4.79 Å². The topological polar surface area (TPSA) is 32.3 Å². The van der Waals surface area contributed by atoms with Crippen molar-refractivity contribution in [3.8, 4) is 0 Å².